The van der Waals surface area contributed by atoms with Crippen LogP contribution in [0.2, 0.25) is 0 Å². The molecule has 0 saturated heterocycles. The third-order valence-electron chi connectivity index (χ3n) is 2.22. The Kier molecular flexibility index (Phi) is 3.00. The summed E-state index contributed by atoms with van der Waals surface area (Å²) in [5.41, 5.74) is -0.464. The van der Waals surface area contributed by atoms with Crippen molar-refractivity contribution in [3.8, 4) is 12.1 Å². The first-order chi connectivity index (χ1) is 6.29. The maximum absolute atomic E-state index is 9.00. The molecule has 0 fully saturated rings. The first kappa shape index (κ1) is 9.70. The lowest BCUT2D eigenvalue weighted by Gasteiger charge is -2.19. The second-order valence-corrected chi connectivity index (χ2v) is 3.07. The minimum Gasteiger partial charge on any atom is -0.275 e. The van der Waals surface area contributed by atoms with Gasteiger partial charge in [-0.2, -0.15) is 10.5 Å². The van der Waals surface area contributed by atoms with E-state index < -0.39 is 5.54 Å². The Balaban J connectivity index is 2.78. The summed E-state index contributed by atoms with van der Waals surface area (Å²) in [7, 11) is 0. The average Bonchev–Trinajstić information content (AvgIpc) is 2.58. The van der Waals surface area contributed by atoms with Crippen LogP contribution in [0.15, 0.2) is 4.99 Å². The lowest BCUT2D eigenvalue weighted by molar-refractivity contribution is 0.510. The van der Waals surface area contributed by atoms with Crippen LogP contribution >= 0.6 is 0 Å². The topological polar surface area (TPSA) is 72.0 Å². The first-order valence-electron chi connectivity index (χ1n) is 4.40. The predicted molar refractivity (Wildman–Crippen MR) is 48.9 cm³/mol. The molecule has 0 amide bonds. The van der Waals surface area contributed by atoms with E-state index in [1.54, 1.807) is 0 Å². The molecule has 1 rings (SSSR count). The SMILES string of the molecule is CCCCC1(C#N)NCN=C1C#N. The zero-order chi connectivity index (χ0) is 9.73. The van der Waals surface area contributed by atoms with Crippen LogP contribution in [0, 0.1) is 22.7 Å². The largest absolute Gasteiger partial charge is 0.275 e. The molecular formula is C9H12N4. The summed E-state index contributed by atoms with van der Waals surface area (Å²) in [6.45, 7) is 2.45. The van der Waals surface area contributed by atoms with Crippen molar-refractivity contribution in [2.45, 2.75) is 31.7 Å². The van der Waals surface area contributed by atoms with Gasteiger partial charge in [0.15, 0.2) is 5.54 Å². The van der Waals surface area contributed by atoms with E-state index in [1.807, 2.05) is 6.07 Å². The normalized spacial score (nSPS) is 26.2. The van der Waals surface area contributed by atoms with Crippen LogP contribution in [0.25, 0.3) is 0 Å². The highest BCUT2D eigenvalue weighted by Crippen LogP contribution is 2.19. The molecule has 0 saturated carbocycles. The van der Waals surface area contributed by atoms with Gasteiger partial charge in [0.2, 0.25) is 0 Å². The standard InChI is InChI=1S/C9H12N4/c1-2-3-4-9(6-11)8(5-10)12-7-13-9/h13H,2-4,7H2,1H3. The van der Waals surface area contributed by atoms with Crippen LogP contribution in [-0.4, -0.2) is 17.9 Å². The van der Waals surface area contributed by atoms with Crippen LogP contribution in [-0.2, 0) is 0 Å². The predicted octanol–water partition coefficient (Wildman–Crippen LogP) is 0.964. The molecule has 1 unspecified atom stereocenters. The number of aliphatic imine (C=N–C) groups is 1. The minimum atomic E-state index is -0.801. The average molecular weight is 176 g/mol. The van der Waals surface area contributed by atoms with E-state index >= 15 is 0 Å². The summed E-state index contributed by atoms with van der Waals surface area (Å²) >= 11 is 0. The van der Waals surface area contributed by atoms with Crippen molar-refractivity contribution < 1.29 is 0 Å². The maximum atomic E-state index is 9.00. The molecule has 13 heavy (non-hydrogen) atoms. The molecule has 1 heterocycles. The van der Waals surface area contributed by atoms with Crippen molar-refractivity contribution in [3.63, 3.8) is 0 Å². The summed E-state index contributed by atoms with van der Waals surface area (Å²) in [5.74, 6) is 0. The van der Waals surface area contributed by atoms with E-state index in [0.29, 0.717) is 18.8 Å². The summed E-state index contributed by atoms with van der Waals surface area (Å²) in [6, 6.07) is 4.13. The Hall–Kier alpha value is -1.39. The second-order valence-electron chi connectivity index (χ2n) is 3.07. The number of nitrogens with zero attached hydrogens (tertiary/aromatic N) is 3. The smallest absolute Gasteiger partial charge is 0.160 e. The number of hydrogen-bond donors (Lipinski definition) is 1. The summed E-state index contributed by atoms with van der Waals surface area (Å²) in [5, 5.41) is 20.7. The van der Waals surface area contributed by atoms with Crippen molar-refractivity contribution in [2.75, 3.05) is 6.67 Å². The van der Waals surface area contributed by atoms with Gasteiger partial charge in [0.05, 0.1) is 12.7 Å². The Morgan fingerprint density at radius 3 is 2.92 bits per heavy atom. The van der Waals surface area contributed by atoms with E-state index in [2.05, 4.69) is 23.3 Å². The first-order valence-corrected chi connectivity index (χ1v) is 4.40. The Morgan fingerprint density at radius 2 is 2.38 bits per heavy atom. The van der Waals surface area contributed by atoms with E-state index in [1.165, 1.54) is 0 Å². The van der Waals surface area contributed by atoms with Gasteiger partial charge >= 0.3 is 0 Å². The van der Waals surface area contributed by atoms with Gasteiger partial charge in [-0.25, -0.2) is 0 Å². The number of nitriles is 2. The van der Waals surface area contributed by atoms with Gasteiger partial charge in [-0.1, -0.05) is 19.8 Å². The van der Waals surface area contributed by atoms with Crippen LogP contribution in [0.5, 0.6) is 0 Å². The van der Waals surface area contributed by atoms with Crippen LogP contribution in [0.4, 0.5) is 0 Å². The van der Waals surface area contributed by atoms with E-state index in [-0.39, 0.29) is 0 Å². The van der Waals surface area contributed by atoms with Crippen molar-refractivity contribution in [1.82, 2.24) is 5.32 Å². The van der Waals surface area contributed by atoms with Gasteiger partial charge in [0, 0.05) is 0 Å². The van der Waals surface area contributed by atoms with Gasteiger partial charge in [-0.3, -0.25) is 10.3 Å². The molecule has 4 nitrogen and oxygen atoms in total. The van der Waals surface area contributed by atoms with Crippen LogP contribution < -0.4 is 5.32 Å². The van der Waals surface area contributed by atoms with Crippen LogP contribution in [0.3, 0.4) is 0 Å². The van der Waals surface area contributed by atoms with E-state index in [4.69, 9.17) is 10.5 Å². The molecule has 68 valence electrons. The molecule has 0 aromatic heterocycles. The molecule has 4 heteroatoms. The van der Waals surface area contributed by atoms with E-state index in [0.717, 1.165) is 12.8 Å². The molecule has 1 atom stereocenters. The number of nitrogens with one attached hydrogen (secondary N) is 1. The zero-order valence-electron chi connectivity index (χ0n) is 7.67. The molecule has 0 radical (unpaired) electrons. The third-order valence-corrected chi connectivity index (χ3v) is 2.22. The van der Waals surface area contributed by atoms with Crippen molar-refractivity contribution >= 4 is 5.71 Å². The summed E-state index contributed by atoms with van der Waals surface area (Å²) in [4.78, 5) is 3.95. The summed E-state index contributed by atoms with van der Waals surface area (Å²) in [6.07, 6.45) is 2.62. The van der Waals surface area contributed by atoms with Crippen molar-refractivity contribution in [3.05, 3.63) is 0 Å². The van der Waals surface area contributed by atoms with Gasteiger partial charge in [-0.05, 0) is 6.42 Å². The monoisotopic (exact) mass is 176 g/mol. The lowest BCUT2D eigenvalue weighted by atomic mass is 9.90. The second kappa shape index (κ2) is 4.02. The lowest BCUT2D eigenvalue weighted by Crippen LogP contribution is -2.45. The molecule has 1 aliphatic heterocycles. The van der Waals surface area contributed by atoms with Crippen molar-refractivity contribution in [2.24, 2.45) is 4.99 Å². The number of hydrogen-bond acceptors (Lipinski definition) is 4. The number of rotatable bonds is 3. The zero-order valence-corrected chi connectivity index (χ0v) is 7.67. The molecule has 0 bridgehead atoms. The molecular weight excluding hydrogens is 164 g/mol. The fourth-order valence-electron chi connectivity index (χ4n) is 1.40. The minimum absolute atomic E-state index is 0.337. The van der Waals surface area contributed by atoms with Gasteiger partial charge in [0.1, 0.15) is 11.8 Å². The highest BCUT2D eigenvalue weighted by Gasteiger charge is 2.38. The van der Waals surface area contributed by atoms with Gasteiger partial charge in [0.25, 0.3) is 0 Å². The Bertz CT molecular complexity index is 294. The molecule has 0 spiro atoms. The van der Waals surface area contributed by atoms with Gasteiger partial charge < -0.3 is 0 Å². The maximum Gasteiger partial charge on any atom is 0.160 e. The highest BCUT2D eigenvalue weighted by molar-refractivity contribution is 6.08. The molecule has 0 aromatic carbocycles. The fourth-order valence-corrected chi connectivity index (χ4v) is 1.40. The quantitative estimate of drug-likeness (QED) is 0.696. The molecule has 1 aliphatic rings. The molecule has 0 aromatic rings. The molecule has 1 N–H and O–H groups in total. The van der Waals surface area contributed by atoms with Crippen molar-refractivity contribution in [1.29, 1.82) is 10.5 Å². The summed E-state index contributed by atoms with van der Waals surface area (Å²) < 4.78 is 0. The Morgan fingerprint density at radius 1 is 1.62 bits per heavy atom. The van der Waals surface area contributed by atoms with E-state index in [9.17, 15) is 0 Å². The third kappa shape index (κ3) is 1.68. The molecule has 0 aliphatic carbocycles. The van der Waals surface area contributed by atoms with Gasteiger partial charge in [-0.15, -0.1) is 0 Å². The number of unbranched alkanes of at least 4 members (excludes halogenated alkanes) is 1. The fraction of sp³-hybridized carbons (Fsp3) is 0.667. The highest BCUT2D eigenvalue weighted by atomic mass is 15.1. The van der Waals surface area contributed by atoms with Crippen LogP contribution in [0.1, 0.15) is 26.2 Å². The Labute approximate surface area is 77.9 Å².